The molecule has 0 amide bonds. The van der Waals surface area contributed by atoms with Gasteiger partial charge in [0.2, 0.25) is 5.16 Å². The van der Waals surface area contributed by atoms with Gasteiger partial charge in [0.1, 0.15) is 22.8 Å². The fourth-order valence-electron chi connectivity index (χ4n) is 2.71. The van der Waals surface area contributed by atoms with Gasteiger partial charge in [-0.15, -0.1) is 5.10 Å². The maximum Gasteiger partial charge on any atom is 0.336 e. The van der Waals surface area contributed by atoms with E-state index in [1.165, 1.54) is 23.9 Å². The van der Waals surface area contributed by atoms with Gasteiger partial charge in [0.25, 0.3) is 0 Å². The van der Waals surface area contributed by atoms with Crippen LogP contribution in [0, 0.1) is 0 Å². The molecule has 0 fully saturated rings. The second-order valence-corrected chi connectivity index (χ2v) is 6.55. The highest BCUT2D eigenvalue weighted by atomic mass is 32.2. The average Bonchev–Trinajstić information content (AvgIpc) is 3.14. The molecule has 2 aromatic carbocycles. The van der Waals surface area contributed by atoms with Crippen LogP contribution in [0.5, 0.6) is 11.5 Å². The zero-order valence-corrected chi connectivity index (χ0v) is 15.0. The Labute approximate surface area is 157 Å². The van der Waals surface area contributed by atoms with Gasteiger partial charge >= 0.3 is 5.63 Å². The third-order valence-corrected chi connectivity index (χ3v) is 4.89. The number of ether oxygens (including phenoxy) is 1. The summed E-state index contributed by atoms with van der Waals surface area (Å²) in [5.41, 5.74) is 1.34. The Balaban J connectivity index is 1.67. The maximum atomic E-state index is 11.8. The largest absolute Gasteiger partial charge is 0.508 e. The topological polar surface area (TPSA) is 103 Å². The zero-order valence-electron chi connectivity index (χ0n) is 14.2. The molecule has 136 valence electrons. The van der Waals surface area contributed by atoms with E-state index in [0.29, 0.717) is 22.2 Å². The number of methoxy groups -OCH3 is 1. The van der Waals surface area contributed by atoms with Crippen LogP contribution < -0.4 is 10.4 Å². The minimum Gasteiger partial charge on any atom is -0.508 e. The van der Waals surface area contributed by atoms with E-state index in [2.05, 4.69) is 15.5 Å². The second kappa shape index (κ2) is 7.12. The van der Waals surface area contributed by atoms with Crippen molar-refractivity contribution < 1.29 is 14.3 Å². The summed E-state index contributed by atoms with van der Waals surface area (Å²) in [6.07, 6.45) is 0. The number of tetrazole rings is 1. The van der Waals surface area contributed by atoms with Gasteiger partial charge in [-0.25, -0.2) is 4.79 Å². The molecule has 4 aromatic rings. The van der Waals surface area contributed by atoms with E-state index in [1.807, 2.05) is 24.3 Å². The van der Waals surface area contributed by atoms with Crippen molar-refractivity contribution in [2.45, 2.75) is 10.9 Å². The summed E-state index contributed by atoms with van der Waals surface area (Å²) in [7, 11) is 1.58. The first-order valence-corrected chi connectivity index (χ1v) is 8.94. The molecular weight excluding hydrogens is 368 g/mol. The van der Waals surface area contributed by atoms with Crippen LogP contribution >= 0.6 is 11.8 Å². The number of hydrogen-bond donors (Lipinski definition) is 1. The minimum atomic E-state index is -0.479. The number of hydrogen-bond acceptors (Lipinski definition) is 8. The number of para-hydroxylation sites is 2. The van der Waals surface area contributed by atoms with Gasteiger partial charge < -0.3 is 14.3 Å². The number of phenols is 1. The Hall–Kier alpha value is -3.33. The highest BCUT2D eigenvalue weighted by Gasteiger charge is 2.14. The first-order chi connectivity index (χ1) is 13.2. The first kappa shape index (κ1) is 17.1. The van der Waals surface area contributed by atoms with E-state index in [4.69, 9.17) is 9.15 Å². The lowest BCUT2D eigenvalue weighted by atomic mass is 10.1. The zero-order chi connectivity index (χ0) is 18.8. The summed E-state index contributed by atoms with van der Waals surface area (Å²) in [4.78, 5) is 11.8. The second-order valence-electron chi connectivity index (χ2n) is 5.60. The van der Waals surface area contributed by atoms with Crippen LogP contribution in [0.4, 0.5) is 0 Å². The molecule has 0 unspecified atom stereocenters. The van der Waals surface area contributed by atoms with Crippen LogP contribution in [-0.2, 0) is 5.75 Å². The number of thioether (sulfide) groups is 1. The third-order valence-electron chi connectivity index (χ3n) is 3.92. The number of phenolic OH excluding ortho intramolecular Hbond substituents is 1. The van der Waals surface area contributed by atoms with Crippen molar-refractivity contribution in [1.82, 2.24) is 20.2 Å². The van der Waals surface area contributed by atoms with E-state index in [9.17, 15) is 9.90 Å². The molecule has 4 rings (SSSR count). The molecule has 1 N–H and O–H groups in total. The monoisotopic (exact) mass is 382 g/mol. The van der Waals surface area contributed by atoms with Crippen molar-refractivity contribution in [3.8, 4) is 17.2 Å². The molecule has 8 nitrogen and oxygen atoms in total. The van der Waals surface area contributed by atoms with Gasteiger partial charge in [0.15, 0.2) is 0 Å². The van der Waals surface area contributed by atoms with E-state index >= 15 is 0 Å². The lowest BCUT2D eigenvalue weighted by molar-refractivity contribution is 0.410. The van der Waals surface area contributed by atoms with Crippen LogP contribution in [0.3, 0.4) is 0 Å². The Kier molecular flexibility index (Phi) is 4.51. The van der Waals surface area contributed by atoms with Crippen molar-refractivity contribution in [3.05, 3.63) is 64.5 Å². The number of nitrogens with zero attached hydrogens (tertiary/aromatic N) is 4. The Morgan fingerprint density at radius 2 is 2.07 bits per heavy atom. The van der Waals surface area contributed by atoms with E-state index in [0.717, 1.165) is 16.6 Å². The third kappa shape index (κ3) is 3.36. The van der Waals surface area contributed by atoms with Crippen LogP contribution in [0.2, 0.25) is 0 Å². The first-order valence-electron chi connectivity index (χ1n) is 7.96. The molecule has 0 atom stereocenters. The van der Waals surface area contributed by atoms with Crippen LogP contribution in [0.25, 0.3) is 16.7 Å². The summed E-state index contributed by atoms with van der Waals surface area (Å²) in [6, 6.07) is 13.5. The quantitative estimate of drug-likeness (QED) is 0.415. The molecule has 0 bridgehead atoms. The van der Waals surface area contributed by atoms with Crippen molar-refractivity contribution in [1.29, 1.82) is 0 Å². The lowest BCUT2D eigenvalue weighted by Gasteiger charge is -2.09. The summed E-state index contributed by atoms with van der Waals surface area (Å²) in [5, 5.41) is 22.8. The average molecular weight is 382 g/mol. The maximum absolute atomic E-state index is 11.8. The van der Waals surface area contributed by atoms with Gasteiger partial charge in [-0.1, -0.05) is 23.9 Å². The molecule has 0 aliphatic carbocycles. The van der Waals surface area contributed by atoms with Gasteiger partial charge in [0.05, 0.1) is 7.11 Å². The van der Waals surface area contributed by atoms with Crippen molar-refractivity contribution in [2.24, 2.45) is 0 Å². The number of aromatic nitrogens is 4. The summed E-state index contributed by atoms with van der Waals surface area (Å²) < 4.78 is 12.1. The number of rotatable bonds is 5. The van der Waals surface area contributed by atoms with Gasteiger partial charge in [-0.2, -0.15) is 4.68 Å². The fourth-order valence-corrected chi connectivity index (χ4v) is 3.58. The SMILES string of the molecule is COc1ccccc1-n1nnnc1SCc1cc(=O)oc2cc(O)ccc12. The minimum absolute atomic E-state index is 0.0376. The Morgan fingerprint density at radius 1 is 1.22 bits per heavy atom. The highest BCUT2D eigenvalue weighted by molar-refractivity contribution is 7.98. The molecule has 27 heavy (non-hydrogen) atoms. The fraction of sp³-hybridized carbons (Fsp3) is 0.111. The Bertz CT molecular complexity index is 1170. The molecule has 0 spiro atoms. The predicted octanol–water partition coefficient (Wildman–Crippen LogP) is 2.78. The summed E-state index contributed by atoms with van der Waals surface area (Å²) in [6.45, 7) is 0. The highest BCUT2D eigenvalue weighted by Crippen LogP contribution is 2.29. The molecule has 0 saturated heterocycles. The van der Waals surface area contributed by atoms with Crippen molar-refractivity contribution in [2.75, 3.05) is 7.11 Å². The van der Waals surface area contributed by atoms with E-state index < -0.39 is 5.63 Å². The molecule has 9 heteroatoms. The van der Waals surface area contributed by atoms with E-state index in [1.54, 1.807) is 23.9 Å². The molecule has 2 aromatic heterocycles. The van der Waals surface area contributed by atoms with Crippen LogP contribution in [0.15, 0.2) is 62.9 Å². The smallest absolute Gasteiger partial charge is 0.336 e. The van der Waals surface area contributed by atoms with E-state index in [-0.39, 0.29) is 5.75 Å². The van der Waals surface area contributed by atoms with Gasteiger partial charge in [-0.05, 0) is 40.3 Å². The number of fused-ring (bicyclic) bond motifs is 1. The molecular formula is C18H14N4O4S. The molecule has 0 aliphatic rings. The standard InChI is InChI=1S/C18H14N4O4S/c1-25-15-5-3-2-4-14(15)22-18(19-20-21-22)27-10-11-8-17(24)26-16-9-12(23)6-7-13(11)16/h2-9,23H,10H2,1H3. The predicted molar refractivity (Wildman–Crippen MR) is 99.4 cm³/mol. The van der Waals surface area contributed by atoms with Gasteiger partial charge in [0, 0.05) is 23.3 Å². The van der Waals surface area contributed by atoms with Crippen LogP contribution in [0.1, 0.15) is 5.56 Å². The van der Waals surface area contributed by atoms with Gasteiger partial charge in [-0.3, -0.25) is 0 Å². The number of benzene rings is 2. The summed E-state index contributed by atoms with van der Waals surface area (Å²) in [5.74, 6) is 1.13. The van der Waals surface area contributed by atoms with Crippen LogP contribution in [-0.4, -0.2) is 32.4 Å². The molecule has 0 aliphatic heterocycles. The van der Waals surface area contributed by atoms with Crippen molar-refractivity contribution >= 4 is 22.7 Å². The summed E-state index contributed by atoms with van der Waals surface area (Å²) >= 11 is 1.38. The lowest BCUT2D eigenvalue weighted by Crippen LogP contribution is -2.03. The molecule has 0 saturated carbocycles. The molecule has 2 heterocycles. The normalized spacial score (nSPS) is 11.0. The number of aromatic hydroxyl groups is 1. The van der Waals surface area contributed by atoms with Crippen molar-refractivity contribution in [3.63, 3.8) is 0 Å². The Morgan fingerprint density at radius 3 is 2.93 bits per heavy atom. The molecule has 0 radical (unpaired) electrons.